The van der Waals surface area contributed by atoms with Gasteiger partial charge in [0.15, 0.2) is 0 Å². The van der Waals surface area contributed by atoms with Crippen LogP contribution >= 0.6 is 0 Å². The number of aryl methyl sites for hydroxylation is 1. The first kappa shape index (κ1) is 27.9. The van der Waals surface area contributed by atoms with Crippen LogP contribution in [0.25, 0.3) is 22.3 Å². The lowest BCUT2D eigenvalue weighted by atomic mass is 9.98. The highest BCUT2D eigenvalue weighted by atomic mass is 16.5. The molecular formula is C34H37N3O2. The molecule has 0 bridgehead atoms. The van der Waals surface area contributed by atoms with E-state index in [1.807, 2.05) is 48.5 Å². The molecule has 0 aliphatic carbocycles. The predicted octanol–water partition coefficient (Wildman–Crippen LogP) is 7.44. The molecule has 1 aromatic heterocycles. The molecule has 5 heteroatoms. The molecule has 0 spiro atoms. The van der Waals surface area contributed by atoms with Crippen molar-refractivity contribution in [1.29, 1.82) is 5.26 Å². The second-order valence-corrected chi connectivity index (χ2v) is 11.1. The Bertz CT molecular complexity index is 1520. The fourth-order valence-corrected chi connectivity index (χ4v) is 4.73. The summed E-state index contributed by atoms with van der Waals surface area (Å²) in [7, 11) is 0. The minimum Gasteiger partial charge on any atom is -0.493 e. The van der Waals surface area contributed by atoms with Crippen LogP contribution in [0.2, 0.25) is 0 Å². The molecule has 4 aromatic rings. The number of hydrogen-bond donors (Lipinski definition) is 0. The predicted molar refractivity (Wildman–Crippen MR) is 158 cm³/mol. The van der Waals surface area contributed by atoms with E-state index in [2.05, 4.69) is 74.5 Å². The van der Waals surface area contributed by atoms with Crippen molar-refractivity contribution in [2.75, 3.05) is 6.61 Å². The van der Waals surface area contributed by atoms with Crippen LogP contribution in [0.3, 0.4) is 0 Å². The molecular weight excluding hydrogens is 482 g/mol. The van der Waals surface area contributed by atoms with E-state index < -0.39 is 0 Å². The van der Waals surface area contributed by atoms with E-state index in [1.54, 1.807) is 0 Å². The lowest BCUT2D eigenvalue weighted by Gasteiger charge is -2.21. The molecule has 0 radical (unpaired) electrons. The van der Waals surface area contributed by atoms with Gasteiger partial charge in [-0.3, -0.25) is 4.79 Å². The van der Waals surface area contributed by atoms with Crippen LogP contribution in [0.1, 0.15) is 63.7 Å². The zero-order valence-electron chi connectivity index (χ0n) is 23.6. The molecule has 0 aliphatic rings. The van der Waals surface area contributed by atoms with Gasteiger partial charge in [-0.15, -0.1) is 0 Å². The maximum absolute atomic E-state index is 13.3. The maximum atomic E-state index is 13.3. The molecule has 4 rings (SSSR count). The second-order valence-electron chi connectivity index (χ2n) is 11.1. The second kappa shape index (κ2) is 12.1. The highest BCUT2D eigenvalue weighted by Crippen LogP contribution is 2.27. The lowest BCUT2D eigenvalue weighted by Crippen LogP contribution is -2.24. The molecule has 0 fully saturated rings. The zero-order valence-corrected chi connectivity index (χ0v) is 23.6. The Morgan fingerprint density at radius 3 is 2.21 bits per heavy atom. The van der Waals surface area contributed by atoms with E-state index in [0.717, 1.165) is 52.4 Å². The molecule has 200 valence electrons. The van der Waals surface area contributed by atoms with E-state index in [4.69, 9.17) is 4.74 Å². The van der Waals surface area contributed by atoms with Crippen LogP contribution in [0.5, 0.6) is 5.75 Å². The van der Waals surface area contributed by atoms with Crippen molar-refractivity contribution in [1.82, 2.24) is 9.55 Å². The van der Waals surface area contributed by atoms with Gasteiger partial charge in [0.05, 0.1) is 23.8 Å². The van der Waals surface area contributed by atoms with Gasteiger partial charge in [0.1, 0.15) is 11.6 Å². The summed E-state index contributed by atoms with van der Waals surface area (Å²) >= 11 is 0. The number of benzene rings is 3. The smallest absolute Gasteiger partial charge is 0.281 e. The van der Waals surface area contributed by atoms with Gasteiger partial charge in [-0.25, -0.2) is 0 Å². The summed E-state index contributed by atoms with van der Waals surface area (Å²) in [5, 5.41) is 9.49. The summed E-state index contributed by atoms with van der Waals surface area (Å²) in [5.74, 6) is 1.60. The number of aromatic nitrogens is 2. The Morgan fingerprint density at radius 1 is 0.923 bits per heavy atom. The summed E-state index contributed by atoms with van der Waals surface area (Å²) in [6, 6.07) is 26.0. The van der Waals surface area contributed by atoms with Gasteiger partial charge in [0, 0.05) is 18.7 Å². The van der Waals surface area contributed by atoms with Crippen molar-refractivity contribution >= 4 is 0 Å². The Hall–Kier alpha value is -4.17. The first-order chi connectivity index (χ1) is 18.7. The topological polar surface area (TPSA) is 67.9 Å². The van der Waals surface area contributed by atoms with Crippen molar-refractivity contribution in [3.05, 3.63) is 106 Å². The minimum absolute atomic E-state index is 0.0676. The highest BCUT2D eigenvalue weighted by Gasteiger charge is 2.18. The van der Waals surface area contributed by atoms with E-state index >= 15 is 0 Å². The third kappa shape index (κ3) is 6.64. The van der Waals surface area contributed by atoms with Crippen molar-refractivity contribution in [3.63, 3.8) is 0 Å². The van der Waals surface area contributed by atoms with Crippen molar-refractivity contribution in [3.8, 4) is 34.1 Å². The van der Waals surface area contributed by atoms with Gasteiger partial charge < -0.3 is 9.30 Å². The molecule has 0 atom stereocenters. The number of ether oxygens (including phenoxy) is 1. The third-order valence-electron chi connectivity index (χ3n) is 6.65. The standard InChI is InChI=1S/C34H37N3O2/c1-6-10-31-36-33(38)32(26-17-19-28(20-18-26)39-23-34(3,4)5)30(7-2)37(31)22-24-13-15-25(16-14-24)29-12-9-8-11-27(29)21-35/h8-9,11-20H,6-7,10,22-23H2,1-5H3. The molecule has 0 aliphatic heterocycles. The van der Waals surface area contributed by atoms with E-state index in [0.29, 0.717) is 30.7 Å². The Kier molecular flexibility index (Phi) is 8.66. The highest BCUT2D eigenvalue weighted by molar-refractivity contribution is 5.70. The van der Waals surface area contributed by atoms with Crippen molar-refractivity contribution < 1.29 is 4.74 Å². The van der Waals surface area contributed by atoms with Crippen molar-refractivity contribution in [2.24, 2.45) is 5.41 Å². The summed E-state index contributed by atoms with van der Waals surface area (Å²) < 4.78 is 8.15. The van der Waals surface area contributed by atoms with Gasteiger partial charge in [0.25, 0.3) is 5.56 Å². The Balaban J connectivity index is 1.70. The van der Waals surface area contributed by atoms with E-state index in [-0.39, 0.29) is 11.0 Å². The minimum atomic E-state index is -0.182. The number of nitrogens with zero attached hydrogens (tertiary/aromatic N) is 3. The fourth-order valence-electron chi connectivity index (χ4n) is 4.73. The third-order valence-corrected chi connectivity index (χ3v) is 6.65. The summed E-state index contributed by atoms with van der Waals surface area (Å²) in [4.78, 5) is 17.9. The molecule has 39 heavy (non-hydrogen) atoms. The average Bonchev–Trinajstić information content (AvgIpc) is 2.93. The Labute approximate surface area is 231 Å². The van der Waals surface area contributed by atoms with Crippen LogP contribution in [-0.4, -0.2) is 16.2 Å². The number of hydrogen-bond acceptors (Lipinski definition) is 4. The van der Waals surface area contributed by atoms with Crippen LogP contribution in [0, 0.1) is 16.7 Å². The van der Waals surface area contributed by atoms with Crippen LogP contribution in [0.4, 0.5) is 0 Å². The molecule has 3 aromatic carbocycles. The van der Waals surface area contributed by atoms with E-state index in [9.17, 15) is 10.1 Å². The van der Waals surface area contributed by atoms with Gasteiger partial charge >= 0.3 is 0 Å². The van der Waals surface area contributed by atoms with Crippen LogP contribution < -0.4 is 10.3 Å². The SMILES string of the molecule is CCCc1nc(=O)c(-c2ccc(OCC(C)(C)C)cc2)c(CC)n1Cc1ccc(-c2ccccc2C#N)cc1. The van der Waals surface area contributed by atoms with Crippen LogP contribution in [0.15, 0.2) is 77.6 Å². The molecule has 0 saturated heterocycles. The quantitative estimate of drug-likeness (QED) is 0.230. The Morgan fingerprint density at radius 2 is 1.59 bits per heavy atom. The van der Waals surface area contributed by atoms with Crippen molar-refractivity contribution in [2.45, 2.75) is 60.4 Å². The lowest BCUT2D eigenvalue weighted by molar-refractivity contribution is 0.198. The largest absolute Gasteiger partial charge is 0.493 e. The summed E-state index contributed by atoms with van der Waals surface area (Å²) in [5.41, 5.74) is 6.09. The molecule has 0 amide bonds. The van der Waals surface area contributed by atoms with Gasteiger partial charge in [-0.1, -0.05) is 89.2 Å². The molecule has 0 saturated carbocycles. The normalized spacial score (nSPS) is 11.3. The molecule has 1 heterocycles. The number of rotatable bonds is 9. The molecule has 5 nitrogen and oxygen atoms in total. The summed E-state index contributed by atoms with van der Waals surface area (Å²) in [6.45, 7) is 11.8. The van der Waals surface area contributed by atoms with Gasteiger partial charge in [-0.2, -0.15) is 10.2 Å². The maximum Gasteiger partial charge on any atom is 0.281 e. The summed E-state index contributed by atoms with van der Waals surface area (Å²) in [6.07, 6.45) is 2.34. The van der Waals surface area contributed by atoms with E-state index in [1.165, 1.54) is 0 Å². The monoisotopic (exact) mass is 519 g/mol. The van der Waals surface area contributed by atoms with Gasteiger partial charge in [-0.05, 0) is 58.7 Å². The molecule has 0 N–H and O–H groups in total. The van der Waals surface area contributed by atoms with Gasteiger partial charge in [0.2, 0.25) is 0 Å². The van der Waals surface area contributed by atoms with Crippen LogP contribution in [-0.2, 0) is 19.4 Å². The zero-order chi connectivity index (χ0) is 28.0. The first-order valence-corrected chi connectivity index (χ1v) is 13.7. The average molecular weight is 520 g/mol. The fraction of sp³-hybridized carbons (Fsp3) is 0.324. The number of nitriles is 1. The molecule has 0 unspecified atom stereocenters. The first-order valence-electron chi connectivity index (χ1n) is 13.7.